The van der Waals surface area contributed by atoms with Crippen molar-refractivity contribution < 1.29 is 13.6 Å². The maximum atomic E-state index is 11.1. The van der Waals surface area contributed by atoms with E-state index in [1.54, 1.807) is 12.1 Å². The van der Waals surface area contributed by atoms with Crippen LogP contribution < -0.4 is 5.73 Å². The van der Waals surface area contributed by atoms with Crippen molar-refractivity contribution in [2.24, 2.45) is 0 Å². The van der Waals surface area contributed by atoms with Crippen LogP contribution in [0.1, 0.15) is 17.5 Å². The lowest BCUT2D eigenvalue weighted by Gasteiger charge is -1.91. The SMILES string of the molecule is CC(=O)c1oc(N)nc1-c1ccco1. The van der Waals surface area contributed by atoms with Gasteiger partial charge in [0.1, 0.15) is 0 Å². The van der Waals surface area contributed by atoms with E-state index in [9.17, 15) is 4.79 Å². The van der Waals surface area contributed by atoms with Gasteiger partial charge in [0.2, 0.25) is 5.76 Å². The van der Waals surface area contributed by atoms with E-state index in [2.05, 4.69) is 4.98 Å². The number of oxazole rings is 1. The second kappa shape index (κ2) is 3.02. The number of rotatable bonds is 2. The summed E-state index contributed by atoms with van der Waals surface area (Å²) in [6, 6.07) is 3.34. The number of aromatic nitrogens is 1. The topological polar surface area (TPSA) is 82.3 Å². The van der Waals surface area contributed by atoms with Crippen LogP contribution in [-0.2, 0) is 0 Å². The van der Waals surface area contributed by atoms with Gasteiger partial charge in [0.25, 0.3) is 6.01 Å². The second-order valence-electron chi connectivity index (χ2n) is 2.76. The summed E-state index contributed by atoms with van der Waals surface area (Å²) in [6.07, 6.45) is 1.49. The number of carbonyl (C=O) groups is 1. The molecule has 0 amide bonds. The highest BCUT2D eigenvalue weighted by Gasteiger charge is 2.18. The average Bonchev–Trinajstić information content (AvgIpc) is 2.70. The normalized spacial score (nSPS) is 10.4. The van der Waals surface area contributed by atoms with Gasteiger partial charge in [0.15, 0.2) is 17.2 Å². The lowest BCUT2D eigenvalue weighted by atomic mass is 10.2. The van der Waals surface area contributed by atoms with Crippen LogP contribution in [0.25, 0.3) is 11.5 Å². The Morgan fingerprint density at radius 2 is 2.36 bits per heavy atom. The molecule has 2 aromatic heterocycles. The first-order chi connectivity index (χ1) is 6.68. The number of ketones is 1. The minimum atomic E-state index is -0.236. The summed E-state index contributed by atoms with van der Waals surface area (Å²) in [6.45, 7) is 1.38. The van der Waals surface area contributed by atoms with Crippen molar-refractivity contribution in [1.82, 2.24) is 4.98 Å². The summed E-state index contributed by atoms with van der Waals surface area (Å²) in [7, 11) is 0. The molecule has 2 heterocycles. The first kappa shape index (κ1) is 8.55. The maximum Gasteiger partial charge on any atom is 0.293 e. The number of furan rings is 1. The van der Waals surface area contributed by atoms with E-state index in [0.29, 0.717) is 11.5 Å². The number of Topliss-reactive ketones (excluding diaryl/α,β-unsaturated/α-hetero) is 1. The van der Waals surface area contributed by atoms with Crippen LogP contribution in [0.2, 0.25) is 0 Å². The summed E-state index contributed by atoms with van der Waals surface area (Å²) < 4.78 is 10.1. The van der Waals surface area contributed by atoms with Crippen LogP contribution in [-0.4, -0.2) is 10.8 Å². The number of hydrogen-bond donors (Lipinski definition) is 1. The Labute approximate surface area is 79.5 Å². The standard InChI is InChI=1S/C9H8N2O3/c1-5(12)8-7(11-9(10)14-8)6-3-2-4-13-6/h2-4H,1H3,(H2,10,11). The van der Waals surface area contributed by atoms with Gasteiger partial charge in [-0.15, -0.1) is 0 Å². The number of hydrogen-bond acceptors (Lipinski definition) is 5. The third-order valence-corrected chi connectivity index (χ3v) is 1.72. The average molecular weight is 192 g/mol. The lowest BCUT2D eigenvalue weighted by Crippen LogP contribution is -1.91. The molecular weight excluding hydrogens is 184 g/mol. The van der Waals surface area contributed by atoms with Crippen molar-refractivity contribution in [3.63, 3.8) is 0 Å². The number of nitrogen functional groups attached to an aromatic ring is 1. The Balaban J connectivity index is 2.58. The van der Waals surface area contributed by atoms with E-state index in [1.807, 2.05) is 0 Å². The predicted octanol–water partition coefficient (Wildman–Crippen LogP) is 1.72. The van der Waals surface area contributed by atoms with Gasteiger partial charge in [-0.25, -0.2) is 0 Å². The van der Waals surface area contributed by atoms with E-state index < -0.39 is 0 Å². The fraction of sp³-hybridized carbons (Fsp3) is 0.111. The van der Waals surface area contributed by atoms with Crippen molar-refractivity contribution in [2.75, 3.05) is 5.73 Å². The first-order valence-electron chi connectivity index (χ1n) is 3.99. The van der Waals surface area contributed by atoms with Gasteiger partial charge >= 0.3 is 0 Å². The molecule has 5 heteroatoms. The highest BCUT2D eigenvalue weighted by molar-refractivity contribution is 5.96. The zero-order valence-corrected chi connectivity index (χ0v) is 7.48. The van der Waals surface area contributed by atoms with E-state index in [1.165, 1.54) is 13.2 Å². The van der Waals surface area contributed by atoms with E-state index in [4.69, 9.17) is 14.6 Å². The highest BCUT2D eigenvalue weighted by Crippen LogP contribution is 2.25. The number of nitrogens with two attached hydrogens (primary N) is 1. The van der Waals surface area contributed by atoms with Crippen LogP contribution >= 0.6 is 0 Å². The lowest BCUT2D eigenvalue weighted by molar-refractivity contribution is 0.0989. The molecule has 0 fully saturated rings. The van der Waals surface area contributed by atoms with Crippen molar-refractivity contribution in [3.8, 4) is 11.5 Å². The summed E-state index contributed by atoms with van der Waals surface area (Å²) in [4.78, 5) is 15.0. The van der Waals surface area contributed by atoms with Crippen molar-refractivity contribution in [3.05, 3.63) is 24.2 Å². The van der Waals surface area contributed by atoms with Crippen molar-refractivity contribution in [2.45, 2.75) is 6.92 Å². The fourth-order valence-corrected chi connectivity index (χ4v) is 1.16. The zero-order valence-electron chi connectivity index (χ0n) is 7.48. The minimum absolute atomic E-state index is 0.0402. The molecule has 0 unspecified atom stereocenters. The molecule has 0 saturated carbocycles. The van der Waals surface area contributed by atoms with E-state index in [0.717, 1.165) is 0 Å². The number of carbonyl (C=O) groups excluding carboxylic acids is 1. The smallest absolute Gasteiger partial charge is 0.293 e. The van der Waals surface area contributed by atoms with Crippen LogP contribution in [0.5, 0.6) is 0 Å². The van der Waals surface area contributed by atoms with Crippen LogP contribution in [0.4, 0.5) is 6.01 Å². The van der Waals surface area contributed by atoms with Crippen molar-refractivity contribution >= 4 is 11.8 Å². The Kier molecular flexibility index (Phi) is 1.85. The molecule has 0 saturated heterocycles. The van der Waals surface area contributed by atoms with E-state index in [-0.39, 0.29) is 17.6 Å². The highest BCUT2D eigenvalue weighted by atomic mass is 16.4. The van der Waals surface area contributed by atoms with Gasteiger partial charge in [0, 0.05) is 6.92 Å². The molecule has 0 aliphatic rings. The summed E-state index contributed by atoms with van der Waals surface area (Å²) in [5.41, 5.74) is 5.70. The second-order valence-corrected chi connectivity index (χ2v) is 2.76. The van der Waals surface area contributed by atoms with E-state index >= 15 is 0 Å². The van der Waals surface area contributed by atoms with Crippen LogP contribution in [0.3, 0.4) is 0 Å². The number of anilines is 1. The monoisotopic (exact) mass is 192 g/mol. The largest absolute Gasteiger partial charge is 0.463 e. The molecule has 2 aromatic rings. The number of nitrogens with zero attached hydrogens (tertiary/aromatic N) is 1. The van der Waals surface area contributed by atoms with Gasteiger partial charge in [0.05, 0.1) is 6.26 Å². The molecule has 72 valence electrons. The first-order valence-corrected chi connectivity index (χ1v) is 3.99. The molecule has 5 nitrogen and oxygen atoms in total. The van der Waals surface area contributed by atoms with Crippen LogP contribution in [0, 0.1) is 0 Å². The quantitative estimate of drug-likeness (QED) is 0.732. The zero-order chi connectivity index (χ0) is 10.1. The molecular formula is C9H8N2O3. The van der Waals surface area contributed by atoms with Crippen molar-refractivity contribution in [1.29, 1.82) is 0 Å². The molecule has 0 bridgehead atoms. The van der Waals surface area contributed by atoms with Gasteiger partial charge in [-0.3, -0.25) is 4.79 Å². The molecule has 0 aliphatic heterocycles. The summed E-state index contributed by atoms with van der Waals surface area (Å²) >= 11 is 0. The summed E-state index contributed by atoms with van der Waals surface area (Å²) in [5, 5.41) is 0. The molecule has 0 aromatic carbocycles. The fourth-order valence-electron chi connectivity index (χ4n) is 1.16. The Hall–Kier alpha value is -2.04. The molecule has 14 heavy (non-hydrogen) atoms. The summed E-state index contributed by atoms with van der Waals surface area (Å²) in [5.74, 6) is 0.355. The predicted molar refractivity (Wildman–Crippen MR) is 48.6 cm³/mol. The van der Waals surface area contributed by atoms with Gasteiger partial charge in [-0.1, -0.05) is 0 Å². The molecule has 2 N–H and O–H groups in total. The Morgan fingerprint density at radius 1 is 1.57 bits per heavy atom. The van der Waals surface area contributed by atoms with Crippen LogP contribution in [0.15, 0.2) is 27.2 Å². The molecule has 0 atom stereocenters. The molecule has 2 rings (SSSR count). The maximum absolute atomic E-state index is 11.1. The molecule has 0 spiro atoms. The Morgan fingerprint density at radius 3 is 2.93 bits per heavy atom. The third-order valence-electron chi connectivity index (χ3n) is 1.72. The molecule has 0 radical (unpaired) electrons. The van der Waals surface area contributed by atoms with Gasteiger partial charge in [-0.05, 0) is 12.1 Å². The van der Waals surface area contributed by atoms with Gasteiger partial charge < -0.3 is 14.6 Å². The Bertz CT molecular complexity index is 456. The molecule has 0 aliphatic carbocycles. The van der Waals surface area contributed by atoms with Gasteiger partial charge in [-0.2, -0.15) is 4.98 Å². The third kappa shape index (κ3) is 1.28. The minimum Gasteiger partial charge on any atom is -0.463 e.